The predicted octanol–water partition coefficient (Wildman–Crippen LogP) is 4.83. The number of amides is 2. The molecule has 12 heteroatoms. The standard InChI is InChI=1S/C31H36ClFN4O6/c1-36-27-6-4-3-5-23(27)29(35-36)30(39)34-26-15-25(33)19(13-24(26)32)14-28(38)37-20(16-42-2)9-10-21(37)17-43-22-11-7-18(8-12-22)31(40)41/h3-6,13,15,18,20-22H,7-12,14,16-17H2,1-2H3,(H,34,39)(H,40,41)/t18?,20-,21-,22?/m0/s1. The second-order valence-electron chi connectivity index (χ2n) is 11.3. The van der Waals surface area contributed by atoms with Crippen molar-refractivity contribution >= 4 is 46.0 Å². The number of rotatable bonds is 10. The highest BCUT2D eigenvalue weighted by Gasteiger charge is 2.38. The van der Waals surface area contributed by atoms with E-state index in [2.05, 4.69) is 10.4 Å². The van der Waals surface area contributed by atoms with Gasteiger partial charge in [0.2, 0.25) is 5.91 Å². The molecule has 1 saturated carbocycles. The first-order chi connectivity index (χ1) is 20.7. The Bertz CT molecular complexity index is 1500. The summed E-state index contributed by atoms with van der Waals surface area (Å²) < 4.78 is 28.4. The van der Waals surface area contributed by atoms with Crippen LogP contribution in [0.3, 0.4) is 0 Å². The zero-order valence-corrected chi connectivity index (χ0v) is 25.0. The molecule has 0 radical (unpaired) electrons. The number of hydrogen-bond donors (Lipinski definition) is 2. The predicted molar refractivity (Wildman–Crippen MR) is 159 cm³/mol. The molecule has 0 spiro atoms. The molecule has 1 aliphatic heterocycles. The van der Waals surface area contributed by atoms with Crippen molar-refractivity contribution in [2.75, 3.05) is 25.6 Å². The zero-order chi connectivity index (χ0) is 30.7. The van der Waals surface area contributed by atoms with Crippen molar-refractivity contribution in [2.24, 2.45) is 13.0 Å². The second kappa shape index (κ2) is 13.4. The van der Waals surface area contributed by atoms with Gasteiger partial charge >= 0.3 is 5.97 Å². The maximum Gasteiger partial charge on any atom is 0.306 e. The van der Waals surface area contributed by atoms with Crippen molar-refractivity contribution in [3.05, 3.63) is 58.5 Å². The van der Waals surface area contributed by atoms with Crippen molar-refractivity contribution in [3.8, 4) is 0 Å². The van der Waals surface area contributed by atoms with Gasteiger partial charge in [0.15, 0.2) is 5.69 Å². The molecule has 1 saturated heterocycles. The maximum atomic E-state index is 15.3. The number of aliphatic carboxylic acids is 1. The molecule has 2 atom stereocenters. The number of anilines is 1. The lowest BCUT2D eigenvalue weighted by molar-refractivity contribution is -0.144. The van der Waals surface area contributed by atoms with Crippen LogP contribution in [0, 0.1) is 11.7 Å². The molecule has 3 aromatic rings. The molecule has 10 nitrogen and oxygen atoms in total. The van der Waals surface area contributed by atoms with Crippen LogP contribution in [0.2, 0.25) is 5.02 Å². The molecule has 1 aromatic heterocycles. The lowest BCUT2D eigenvalue weighted by Crippen LogP contribution is -2.46. The van der Waals surface area contributed by atoms with Crippen LogP contribution in [0.1, 0.15) is 54.6 Å². The number of methoxy groups -OCH3 is 1. The summed E-state index contributed by atoms with van der Waals surface area (Å²) in [6.45, 7) is 0.674. The van der Waals surface area contributed by atoms with Gasteiger partial charge in [0, 0.05) is 19.5 Å². The fourth-order valence-corrected chi connectivity index (χ4v) is 6.48. The van der Waals surface area contributed by atoms with Gasteiger partial charge in [-0.15, -0.1) is 0 Å². The number of carbonyl (C=O) groups excluding carboxylic acids is 2. The molecule has 2 amide bonds. The van der Waals surface area contributed by atoms with Crippen LogP contribution < -0.4 is 5.32 Å². The number of fused-ring (bicyclic) bond motifs is 1. The number of ether oxygens (including phenoxy) is 2. The number of likely N-dealkylation sites (tertiary alicyclic amines) is 1. The number of carbonyl (C=O) groups is 3. The van der Waals surface area contributed by atoms with E-state index in [0.717, 1.165) is 24.4 Å². The van der Waals surface area contributed by atoms with E-state index in [1.54, 1.807) is 35.9 Å². The van der Waals surface area contributed by atoms with Gasteiger partial charge in [0.05, 0.1) is 60.0 Å². The minimum absolute atomic E-state index is 0.0443. The van der Waals surface area contributed by atoms with Gasteiger partial charge in [-0.25, -0.2) is 4.39 Å². The first-order valence-electron chi connectivity index (χ1n) is 14.5. The molecule has 230 valence electrons. The van der Waals surface area contributed by atoms with Gasteiger partial charge in [-0.2, -0.15) is 5.10 Å². The Labute approximate surface area is 254 Å². The Balaban J connectivity index is 1.25. The Hall–Kier alpha value is -3.54. The maximum absolute atomic E-state index is 15.3. The summed E-state index contributed by atoms with van der Waals surface area (Å²) in [4.78, 5) is 39.6. The van der Waals surface area contributed by atoms with Crippen LogP contribution in [0.25, 0.3) is 10.9 Å². The monoisotopic (exact) mass is 614 g/mol. The summed E-state index contributed by atoms with van der Waals surface area (Å²) >= 11 is 6.46. The molecule has 5 rings (SSSR count). The van der Waals surface area contributed by atoms with Crippen molar-refractivity contribution in [1.82, 2.24) is 14.7 Å². The molecule has 2 fully saturated rings. The fraction of sp³-hybridized carbons (Fsp3) is 0.484. The molecular weight excluding hydrogens is 579 g/mol. The third kappa shape index (κ3) is 6.84. The minimum Gasteiger partial charge on any atom is -0.481 e. The number of carboxylic acid groups (broad SMARTS) is 1. The number of aromatic nitrogens is 2. The average molecular weight is 615 g/mol. The van der Waals surface area contributed by atoms with E-state index < -0.39 is 17.7 Å². The number of nitrogens with one attached hydrogen (secondary N) is 1. The summed E-state index contributed by atoms with van der Waals surface area (Å²) in [7, 11) is 3.31. The average Bonchev–Trinajstić information content (AvgIpc) is 3.55. The lowest BCUT2D eigenvalue weighted by Gasteiger charge is -2.32. The lowest BCUT2D eigenvalue weighted by atomic mass is 9.87. The van der Waals surface area contributed by atoms with E-state index in [1.807, 2.05) is 12.1 Å². The van der Waals surface area contributed by atoms with Gasteiger partial charge in [-0.05, 0) is 62.3 Å². The number of aryl methyl sites for hydroxylation is 1. The van der Waals surface area contributed by atoms with Crippen molar-refractivity contribution in [2.45, 2.75) is 63.1 Å². The fourth-order valence-electron chi connectivity index (χ4n) is 6.25. The zero-order valence-electron chi connectivity index (χ0n) is 24.2. The van der Waals surface area contributed by atoms with Crippen LogP contribution in [0.5, 0.6) is 0 Å². The number of halogens is 2. The topological polar surface area (TPSA) is 123 Å². The smallest absolute Gasteiger partial charge is 0.306 e. The Morgan fingerprint density at radius 3 is 2.47 bits per heavy atom. The molecule has 2 aliphatic rings. The van der Waals surface area contributed by atoms with Crippen molar-refractivity contribution < 1.29 is 33.4 Å². The number of benzene rings is 2. The highest BCUT2D eigenvalue weighted by atomic mass is 35.5. The molecule has 0 bridgehead atoms. The summed E-state index contributed by atoms with van der Waals surface area (Å²) in [6.07, 6.45) is 3.69. The van der Waals surface area contributed by atoms with Crippen molar-refractivity contribution in [1.29, 1.82) is 0 Å². The van der Waals surface area contributed by atoms with E-state index in [4.69, 9.17) is 21.1 Å². The summed E-state index contributed by atoms with van der Waals surface area (Å²) in [5.74, 6) is -2.55. The van der Waals surface area contributed by atoms with Crippen LogP contribution in [0.15, 0.2) is 36.4 Å². The van der Waals surface area contributed by atoms with E-state index in [0.29, 0.717) is 44.3 Å². The first kappa shape index (κ1) is 30.9. The summed E-state index contributed by atoms with van der Waals surface area (Å²) in [6, 6.07) is 9.41. The highest BCUT2D eigenvalue weighted by Crippen LogP contribution is 2.32. The Morgan fingerprint density at radius 2 is 1.77 bits per heavy atom. The second-order valence-corrected chi connectivity index (χ2v) is 11.7. The van der Waals surface area contributed by atoms with Crippen LogP contribution in [0.4, 0.5) is 10.1 Å². The molecule has 2 N–H and O–H groups in total. The Kier molecular flexibility index (Phi) is 9.63. The quantitative estimate of drug-likeness (QED) is 0.335. The molecule has 1 aliphatic carbocycles. The van der Waals surface area contributed by atoms with Gasteiger partial charge in [-0.3, -0.25) is 19.1 Å². The van der Waals surface area contributed by atoms with E-state index in [-0.39, 0.29) is 58.4 Å². The highest BCUT2D eigenvalue weighted by molar-refractivity contribution is 6.34. The molecule has 2 heterocycles. The first-order valence-corrected chi connectivity index (χ1v) is 14.9. The van der Waals surface area contributed by atoms with Gasteiger partial charge in [-0.1, -0.05) is 29.8 Å². The van der Waals surface area contributed by atoms with Gasteiger partial charge < -0.3 is 24.8 Å². The number of nitrogens with zero attached hydrogens (tertiary/aromatic N) is 3. The third-order valence-corrected chi connectivity index (χ3v) is 8.83. The molecule has 0 unspecified atom stereocenters. The van der Waals surface area contributed by atoms with E-state index >= 15 is 4.39 Å². The van der Waals surface area contributed by atoms with Crippen LogP contribution in [-0.4, -0.2) is 76.1 Å². The number of para-hydroxylation sites is 1. The van der Waals surface area contributed by atoms with Crippen molar-refractivity contribution in [3.63, 3.8) is 0 Å². The molecule has 43 heavy (non-hydrogen) atoms. The largest absolute Gasteiger partial charge is 0.481 e. The normalized spacial score (nSPS) is 22.2. The Morgan fingerprint density at radius 1 is 1.07 bits per heavy atom. The molecule has 2 aromatic carbocycles. The van der Waals surface area contributed by atoms with Crippen LogP contribution >= 0.6 is 11.6 Å². The van der Waals surface area contributed by atoms with Gasteiger partial charge in [0.25, 0.3) is 5.91 Å². The van der Waals surface area contributed by atoms with E-state index in [1.165, 1.54) is 6.07 Å². The van der Waals surface area contributed by atoms with Crippen LogP contribution in [-0.2, 0) is 32.5 Å². The van der Waals surface area contributed by atoms with Gasteiger partial charge in [0.1, 0.15) is 5.82 Å². The summed E-state index contributed by atoms with van der Waals surface area (Å²) in [5.41, 5.74) is 1.17. The number of hydrogen-bond acceptors (Lipinski definition) is 6. The number of carboxylic acids is 1. The third-order valence-electron chi connectivity index (χ3n) is 8.51. The minimum atomic E-state index is -0.766. The SMILES string of the molecule is COC[C@@H]1CC[C@@H](COC2CCC(C(=O)O)CC2)N1C(=O)Cc1cc(Cl)c(NC(=O)c2nn(C)c3ccccc23)cc1F. The van der Waals surface area contributed by atoms with E-state index in [9.17, 15) is 19.5 Å². The molecular formula is C31H36ClFN4O6. The summed E-state index contributed by atoms with van der Waals surface area (Å²) in [5, 5.41) is 16.9.